The molecule has 1 saturated heterocycles. The first kappa shape index (κ1) is 14.5. The van der Waals surface area contributed by atoms with Crippen LogP contribution >= 0.6 is 0 Å². The molecule has 1 N–H and O–H groups in total. The molecule has 0 spiro atoms. The highest BCUT2D eigenvalue weighted by Gasteiger charge is 2.24. The van der Waals surface area contributed by atoms with Crippen LogP contribution in [0.3, 0.4) is 0 Å². The summed E-state index contributed by atoms with van der Waals surface area (Å²) in [5.41, 5.74) is 1.21. The zero-order chi connectivity index (χ0) is 13.7. The molecular formula is C15H27N3O. The van der Waals surface area contributed by atoms with Crippen molar-refractivity contribution in [1.82, 2.24) is 15.1 Å². The molecular weight excluding hydrogens is 238 g/mol. The van der Waals surface area contributed by atoms with Gasteiger partial charge in [-0.05, 0) is 45.2 Å². The third-order valence-electron chi connectivity index (χ3n) is 4.35. The highest BCUT2D eigenvalue weighted by molar-refractivity contribution is 5.79. The molecule has 0 radical (unpaired) electrons. The maximum atomic E-state index is 12.4. The van der Waals surface area contributed by atoms with Crippen molar-refractivity contribution in [2.45, 2.75) is 45.1 Å². The van der Waals surface area contributed by atoms with E-state index in [1.807, 2.05) is 11.9 Å². The molecule has 2 rings (SSSR count). The number of hydrogen-bond donors (Lipinski definition) is 1. The second kappa shape index (κ2) is 7.06. The van der Waals surface area contributed by atoms with E-state index in [-0.39, 0.29) is 5.91 Å². The fourth-order valence-corrected chi connectivity index (χ4v) is 3.04. The summed E-state index contributed by atoms with van der Waals surface area (Å²) in [6.07, 6.45) is 8.00. The van der Waals surface area contributed by atoms with E-state index in [2.05, 4.69) is 23.2 Å². The van der Waals surface area contributed by atoms with Crippen molar-refractivity contribution < 1.29 is 4.79 Å². The molecule has 1 aliphatic heterocycles. The van der Waals surface area contributed by atoms with Gasteiger partial charge in [-0.3, -0.25) is 9.69 Å². The summed E-state index contributed by atoms with van der Waals surface area (Å²) in [5.74, 6) is 0.237. The number of amides is 1. The average molecular weight is 265 g/mol. The average Bonchev–Trinajstić information content (AvgIpc) is 2.98. The Kier molecular flexibility index (Phi) is 5.40. The molecule has 0 aromatic heterocycles. The van der Waals surface area contributed by atoms with Gasteiger partial charge in [-0.2, -0.15) is 0 Å². The highest BCUT2D eigenvalue weighted by Crippen LogP contribution is 2.20. The van der Waals surface area contributed by atoms with Gasteiger partial charge < -0.3 is 10.2 Å². The molecule has 1 atom stereocenters. The Morgan fingerprint density at radius 3 is 2.89 bits per heavy atom. The zero-order valence-corrected chi connectivity index (χ0v) is 12.3. The van der Waals surface area contributed by atoms with Crippen LogP contribution in [0.2, 0.25) is 0 Å². The van der Waals surface area contributed by atoms with Crippen molar-refractivity contribution >= 4 is 5.91 Å². The minimum absolute atomic E-state index is 0.237. The van der Waals surface area contributed by atoms with Crippen molar-refractivity contribution in [3.05, 3.63) is 11.8 Å². The largest absolute Gasteiger partial charge is 0.318 e. The monoisotopic (exact) mass is 265 g/mol. The van der Waals surface area contributed by atoms with E-state index in [1.54, 1.807) is 0 Å². The lowest BCUT2D eigenvalue weighted by molar-refractivity contribution is -0.130. The molecule has 19 heavy (non-hydrogen) atoms. The quantitative estimate of drug-likeness (QED) is 0.820. The van der Waals surface area contributed by atoms with E-state index in [0.717, 1.165) is 32.5 Å². The molecule has 2 aliphatic rings. The van der Waals surface area contributed by atoms with Gasteiger partial charge >= 0.3 is 0 Å². The van der Waals surface area contributed by atoms with Crippen molar-refractivity contribution in [3.63, 3.8) is 0 Å². The van der Waals surface area contributed by atoms with Crippen LogP contribution in [-0.4, -0.2) is 55.0 Å². The predicted octanol–water partition coefficient (Wildman–Crippen LogP) is 1.59. The van der Waals surface area contributed by atoms with Gasteiger partial charge in [0, 0.05) is 25.3 Å². The number of likely N-dealkylation sites (N-methyl/N-ethyl adjacent to an activating group) is 2. The summed E-state index contributed by atoms with van der Waals surface area (Å²) < 4.78 is 0. The number of hydrogen-bond acceptors (Lipinski definition) is 3. The SMILES string of the molecule is CCN(CC(=O)N(C)C1=CCCC1)C1CCCNC1. The van der Waals surface area contributed by atoms with Crippen LogP contribution < -0.4 is 5.32 Å². The van der Waals surface area contributed by atoms with Crippen LogP contribution in [0.1, 0.15) is 39.0 Å². The van der Waals surface area contributed by atoms with Gasteiger partial charge in [0.2, 0.25) is 5.91 Å². The van der Waals surface area contributed by atoms with Crippen LogP contribution in [0.25, 0.3) is 0 Å². The molecule has 108 valence electrons. The first-order valence-corrected chi connectivity index (χ1v) is 7.62. The second-order valence-corrected chi connectivity index (χ2v) is 5.60. The summed E-state index contributed by atoms with van der Waals surface area (Å²) in [4.78, 5) is 16.6. The van der Waals surface area contributed by atoms with Crippen LogP contribution in [0.5, 0.6) is 0 Å². The lowest BCUT2D eigenvalue weighted by Crippen LogP contribution is -2.49. The smallest absolute Gasteiger partial charge is 0.240 e. The molecule has 0 aromatic carbocycles. The molecule has 1 aliphatic carbocycles. The Hall–Kier alpha value is -0.870. The van der Waals surface area contributed by atoms with Gasteiger partial charge in [0.1, 0.15) is 0 Å². The fourth-order valence-electron chi connectivity index (χ4n) is 3.04. The van der Waals surface area contributed by atoms with Gasteiger partial charge in [-0.1, -0.05) is 13.0 Å². The minimum Gasteiger partial charge on any atom is -0.318 e. The van der Waals surface area contributed by atoms with E-state index >= 15 is 0 Å². The van der Waals surface area contributed by atoms with Gasteiger partial charge in [0.25, 0.3) is 0 Å². The van der Waals surface area contributed by atoms with Crippen LogP contribution in [-0.2, 0) is 4.79 Å². The molecule has 1 unspecified atom stereocenters. The van der Waals surface area contributed by atoms with Crippen LogP contribution in [0.4, 0.5) is 0 Å². The number of nitrogens with one attached hydrogen (secondary N) is 1. The second-order valence-electron chi connectivity index (χ2n) is 5.60. The first-order valence-electron chi connectivity index (χ1n) is 7.62. The Morgan fingerprint density at radius 1 is 1.47 bits per heavy atom. The molecule has 0 aromatic rings. The number of piperidine rings is 1. The molecule has 0 bridgehead atoms. The van der Waals surface area contributed by atoms with E-state index in [1.165, 1.54) is 25.0 Å². The Bertz CT molecular complexity index is 334. The van der Waals surface area contributed by atoms with Gasteiger partial charge in [-0.15, -0.1) is 0 Å². The van der Waals surface area contributed by atoms with Gasteiger partial charge in [0.15, 0.2) is 0 Å². The lowest BCUT2D eigenvalue weighted by Gasteiger charge is -2.34. The van der Waals surface area contributed by atoms with Gasteiger partial charge in [-0.25, -0.2) is 0 Å². The van der Waals surface area contributed by atoms with E-state index in [4.69, 9.17) is 0 Å². The fraction of sp³-hybridized carbons (Fsp3) is 0.800. The molecule has 1 heterocycles. The molecule has 4 heteroatoms. The van der Waals surface area contributed by atoms with Crippen molar-refractivity contribution in [2.24, 2.45) is 0 Å². The van der Waals surface area contributed by atoms with Crippen molar-refractivity contribution in [3.8, 4) is 0 Å². The first-order chi connectivity index (χ1) is 9.22. The zero-order valence-electron chi connectivity index (χ0n) is 12.3. The highest BCUT2D eigenvalue weighted by atomic mass is 16.2. The Labute approximate surface area is 116 Å². The lowest BCUT2D eigenvalue weighted by atomic mass is 10.1. The number of rotatable bonds is 5. The maximum absolute atomic E-state index is 12.4. The van der Waals surface area contributed by atoms with Crippen LogP contribution in [0, 0.1) is 0 Å². The Morgan fingerprint density at radius 2 is 2.32 bits per heavy atom. The van der Waals surface area contributed by atoms with E-state index in [9.17, 15) is 4.79 Å². The van der Waals surface area contributed by atoms with Gasteiger partial charge in [0.05, 0.1) is 6.54 Å². The van der Waals surface area contributed by atoms with E-state index in [0.29, 0.717) is 12.6 Å². The van der Waals surface area contributed by atoms with Crippen molar-refractivity contribution in [1.29, 1.82) is 0 Å². The third-order valence-corrected chi connectivity index (χ3v) is 4.35. The van der Waals surface area contributed by atoms with E-state index < -0.39 is 0 Å². The molecule has 1 fully saturated rings. The summed E-state index contributed by atoms with van der Waals surface area (Å²) in [6.45, 7) is 5.79. The summed E-state index contributed by atoms with van der Waals surface area (Å²) in [6, 6.07) is 0.522. The number of carbonyl (C=O) groups excluding carboxylic acids is 1. The third kappa shape index (κ3) is 3.80. The number of carbonyl (C=O) groups is 1. The minimum atomic E-state index is 0.237. The van der Waals surface area contributed by atoms with Crippen LogP contribution in [0.15, 0.2) is 11.8 Å². The number of allylic oxidation sites excluding steroid dienone is 2. The predicted molar refractivity (Wildman–Crippen MR) is 77.8 cm³/mol. The van der Waals surface area contributed by atoms with Crippen molar-refractivity contribution in [2.75, 3.05) is 33.2 Å². The standard InChI is InChI=1S/C15H27N3O/c1-3-18(14-9-6-10-16-11-14)12-15(19)17(2)13-7-4-5-8-13/h7,14,16H,3-6,8-12H2,1-2H3. The number of nitrogens with zero attached hydrogens (tertiary/aromatic N) is 2. The summed E-state index contributed by atoms with van der Waals surface area (Å²) in [5, 5.41) is 3.43. The summed E-state index contributed by atoms with van der Waals surface area (Å²) in [7, 11) is 1.92. The maximum Gasteiger partial charge on any atom is 0.240 e. The molecule has 1 amide bonds. The Balaban J connectivity index is 1.87. The molecule has 0 saturated carbocycles. The topological polar surface area (TPSA) is 35.6 Å². The summed E-state index contributed by atoms with van der Waals surface area (Å²) >= 11 is 0. The normalized spacial score (nSPS) is 23.5. The molecule has 4 nitrogen and oxygen atoms in total.